The van der Waals surface area contributed by atoms with E-state index >= 15 is 0 Å². The lowest BCUT2D eigenvalue weighted by Gasteiger charge is -2.09. The zero-order valence-electron chi connectivity index (χ0n) is 7.98. The van der Waals surface area contributed by atoms with Crippen LogP contribution in [0.2, 0.25) is 0 Å². The van der Waals surface area contributed by atoms with Crippen LogP contribution in [-0.4, -0.2) is 6.61 Å². The second-order valence-corrected chi connectivity index (χ2v) is 4.26. The lowest BCUT2D eigenvalue weighted by Crippen LogP contribution is -2.06. The van der Waals surface area contributed by atoms with Crippen LogP contribution in [-0.2, 0) is 0 Å². The number of hydrogen-bond acceptors (Lipinski definition) is 1. The smallest absolute Gasteiger partial charge is 0.166 e. The van der Waals surface area contributed by atoms with E-state index in [4.69, 9.17) is 4.74 Å². The maximum Gasteiger partial charge on any atom is 0.166 e. The Bertz CT molecular complexity index is 326. The van der Waals surface area contributed by atoms with Gasteiger partial charge in [-0.2, -0.15) is 0 Å². The van der Waals surface area contributed by atoms with E-state index < -0.39 is 11.6 Å². The van der Waals surface area contributed by atoms with Gasteiger partial charge in [0, 0.05) is 6.07 Å². The normalized spacial score (nSPS) is 10.7. The van der Waals surface area contributed by atoms with E-state index in [1.165, 1.54) is 0 Å². The molecule has 78 valence electrons. The van der Waals surface area contributed by atoms with E-state index in [-0.39, 0.29) is 16.1 Å². The van der Waals surface area contributed by atoms with Crippen molar-refractivity contribution in [2.24, 2.45) is 5.92 Å². The summed E-state index contributed by atoms with van der Waals surface area (Å²) in [5.41, 5.74) is 0. The van der Waals surface area contributed by atoms with E-state index in [2.05, 4.69) is 15.9 Å². The number of ether oxygens (including phenoxy) is 1. The van der Waals surface area contributed by atoms with Crippen molar-refractivity contribution in [1.29, 1.82) is 0 Å². The fraction of sp³-hybridized carbons (Fsp3) is 0.400. The molecule has 0 saturated carbocycles. The molecule has 0 bridgehead atoms. The molecule has 1 rings (SSSR count). The molecule has 0 unspecified atom stereocenters. The highest BCUT2D eigenvalue weighted by Crippen LogP contribution is 2.25. The molecule has 0 N–H and O–H groups in total. The highest BCUT2D eigenvalue weighted by molar-refractivity contribution is 9.10. The highest BCUT2D eigenvalue weighted by atomic mass is 79.9. The maximum absolute atomic E-state index is 13.2. The first-order chi connectivity index (χ1) is 6.50. The fourth-order valence-corrected chi connectivity index (χ4v) is 1.19. The summed E-state index contributed by atoms with van der Waals surface area (Å²) in [6.45, 7) is 4.25. The first-order valence-corrected chi connectivity index (χ1v) is 5.07. The van der Waals surface area contributed by atoms with Crippen LogP contribution >= 0.6 is 15.9 Å². The van der Waals surface area contributed by atoms with Gasteiger partial charge in [-0.25, -0.2) is 8.78 Å². The van der Waals surface area contributed by atoms with E-state index in [9.17, 15) is 8.78 Å². The van der Waals surface area contributed by atoms with Crippen LogP contribution in [0.5, 0.6) is 5.75 Å². The standard InChI is InChI=1S/C10H11BrF2O/c1-6(2)5-14-10-4-8(12)7(11)3-9(10)13/h3-4,6H,5H2,1-2H3. The van der Waals surface area contributed by atoms with Crippen LogP contribution in [0.15, 0.2) is 16.6 Å². The summed E-state index contributed by atoms with van der Waals surface area (Å²) in [5.74, 6) is -0.843. The van der Waals surface area contributed by atoms with Crippen molar-refractivity contribution in [3.63, 3.8) is 0 Å². The molecule has 0 fully saturated rings. The first kappa shape index (κ1) is 11.4. The molecular weight excluding hydrogens is 254 g/mol. The van der Waals surface area contributed by atoms with Gasteiger partial charge in [-0.1, -0.05) is 13.8 Å². The molecule has 0 atom stereocenters. The summed E-state index contributed by atoms with van der Waals surface area (Å²) >= 11 is 2.89. The SMILES string of the molecule is CC(C)COc1cc(F)c(Br)cc1F. The predicted molar refractivity (Wildman–Crippen MR) is 54.4 cm³/mol. The summed E-state index contributed by atoms with van der Waals surface area (Å²) in [7, 11) is 0. The third kappa shape index (κ3) is 2.94. The lowest BCUT2D eigenvalue weighted by molar-refractivity contribution is 0.258. The molecule has 0 aliphatic heterocycles. The summed E-state index contributed by atoms with van der Waals surface area (Å²) in [6, 6.07) is 2.10. The Kier molecular flexibility index (Phi) is 3.86. The minimum absolute atomic E-state index is 0.0422. The molecule has 0 aromatic heterocycles. The van der Waals surface area contributed by atoms with Gasteiger partial charge in [-0.15, -0.1) is 0 Å². The van der Waals surface area contributed by atoms with Crippen LogP contribution in [0.25, 0.3) is 0 Å². The van der Waals surface area contributed by atoms with Gasteiger partial charge in [0.05, 0.1) is 11.1 Å². The Morgan fingerprint density at radius 3 is 2.50 bits per heavy atom. The molecular formula is C10H11BrF2O. The van der Waals surface area contributed by atoms with E-state index in [0.717, 1.165) is 12.1 Å². The second kappa shape index (κ2) is 4.73. The predicted octanol–water partition coefficient (Wildman–Crippen LogP) is 3.76. The van der Waals surface area contributed by atoms with Gasteiger partial charge in [-0.3, -0.25) is 0 Å². The Morgan fingerprint density at radius 2 is 1.93 bits per heavy atom. The minimum atomic E-state index is -0.557. The van der Waals surface area contributed by atoms with Crippen molar-refractivity contribution in [2.45, 2.75) is 13.8 Å². The average Bonchev–Trinajstić information content (AvgIpc) is 2.09. The maximum atomic E-state index is 13.2. The van der Waals surface area contributed by atoms with Crippen molar-refractivity contribution in [3.8, 4) is 5.75 Å². The highest BCUT2D eigenvalue weighted by Gasteiger charge is 2.09. The number of halogens is 3. The lowest BCUT2D eigenvalue weighted by atomic mass is 10.2. The van der Waals surface area contributed by atoms with Crippen molar-refractivity contribution in [3.05, 3.63) is 28.2 Å². The van der Waals surface area contributed by atoms with Gasteiger partial charge in [0.2, 0.25) is 0 Å². The van der Waals surface area contributed by atoms with Gasteiger partial charge in [0.25, 0.3) is 0 Å². The van der Waals surface area contributed by atoms with Gasteiger partial charge >= 0.3 is 0 Å². The Balaban J connectivity index is 2.82. The molecule has 4 heteroatoms. The zero-order valence-corrected chi connectivity index (χ0v) is 9.57. The van der Waals surface area contributed by atoms with Crippen LogP contribution in [0.1, 0.15) is 13.8 Å². The quantitative estimate of drug-likeness (QED) is 0.756. The van der Waals surface area contributed by atoms with E-state index in [1.54, 1.807) is 0 Å². The molecule has 0 aliphatic rings. The van der Waals surface area contributed by atoms with E-state index in [0.29, 0.717) is 6.61 Å². The van der Waals surface area contributed by atoms with Crippen molar-refractivity contribution in [1.82, 2.24) is 0 Å². The van der Waals surface area contributed by atoms with Gasteiger partial charge in [0.1, 0.15) is 5.82 Å². The summed E-state index contributed by atoms with van der Waals surface area (Å²) < 4.78 is 31.4. The Hall–Kier alpha value is -0.640. The molecule has 0 aliphatic carbocycles. The molecule has 1 nitrogen and oxygen atoms in total. The van der Waals surface area contributed by atoms with Crippen LogP contribution in [0.4, 0.5) is 8.78 Å². The number of hydrogen-bond donors (Lipinski definition) is 0. The van der Waals surface area contributed by atoms with Crippen LogP contribution < -0.4 is 4.74 Å². The molecule has 0 saturated heterocycles. The molecule has 0 amide bonds. The van der Waals surface area contributed by atoms with Gasteiger partial charge in [0.15, 0.2) is 11.6 Å². The summed E-state index contributed by atoms with van der Waals surface area (Å²) in [5, 5.41) is 0. The Labute approximate surface area is 90.2 Å². The first-order valence-electron chi connectivity index (χ1n) is 4.28. The van der Waals surface area contributed by atoms with Gasteiger partial charge < -0.3 is 4.74 Å². The monoisotopic (exact) mass is 264 g/mol. The fourth-order valence-electron chi connectivity index (χ4n) is 0.871. The van der Waals surface area contributed by atoms with Gasteiger partial charge in [-0.05, 0) is 27.9 Å². The number of benzene rings is 1. The average molecular weight is 265 g/mol. The molecule has 0 spiro atoms. The molecule has 1 aromatic rings. The minimum Gasteiger partial charge on any atom is -0.490 e. The summed E-state index contributed by atoms with van der Waals surface area (Å²) in [6.07, 6.45) is 0. The molecule has 1 aromatic carbocycles. The molecule has 14 heavy (non-hydrogen) atoms. The van der Waals surface area contributed by atoms with Crippen molar-refractivity contribution >= 4 is 15.9 Å². The third-order valence-corrected chi connectivity index (χ3v) is 2.15. The Morgan fingerprint density at radius 1 is 1.29 bits per heavy atom. The van der Waals surface area contributed by atoms with E-state index in [1.807, 2.05) is 13.8 Å². The third-order valence-electron chi connectivity index (χ3n) is 1.55. The molecule has 0 heterocycles. The topological polar surface area (TPSA) is 9.23 Å². The molecule has 0 radical (unpaired) electrons. The second-order valence-electron chi connectivity index (χ2n) is 3.40. The largest absolute Gasteiger partial charge is 0.490 e. The van der Waals surface area contributed by atoms with Crippen LogP contribution in [0, 0.1) is 17.6 Å². The summed E-state index contributed by atoms with van der Waals surface area (Å²) in [4.78, 5) is 0. The van der Waals surface area contributed by atoms with Crippen molar-refractivity contribution in [2.75, 3.05) is 6.61 Å². The van der Waals surface area contributed by atoms with Crippen molar-refractivity contribution < 1.29 is 13.5 Å². The zero-order chi connectivity index (χ0) is 10.7. The number of rotatable bonds is 3. The van der Waals surface area contributed by atoms with Crippen LogP contribution in [0.3, 0.4) is 0 Å².